The number of halogens is 3. The summed E-state index contributed by atoms with van der Waals surface area (Å²) in [5.41, 5.74) is -0.483. The molecule has 0 aliphatic carbocycles. The Morgan fingerprint density at radius 2 is 1.81 bits per heavy atom. The fraction of sp³-hybridized carbons (Fsp3) is 0.0952. The molecule has 0 atom stereocenters. The largest absolute Gasteiger partial charge is 0.505 e. The molecule has 32 heavy (non-hydrogen) atoms. The number of fused-ring (bicyclic) bond motifs is 7. The van der Waals surface area contributed by atoms with Gasteiger partial charge in [0.15, 0.2) is 5.75 Å². The van der Waals surface area contributed by atoms with E-state index in [2.05, 4.69) is 5.32 Å². The standard InChI is InChI=1S/C21H15ClF2N2O5S/c22-15-7-12-8-19(20(15)27)32(29,30)26-18-9-14(16(23)10-17(18)24)11-2-1-3-13(6-11)31-5-4-25-21(12)28/h1-3,6-10,26-27H,4-5H2,(H,25,28). The first-order chi connectivity index (χ1) is 15.2. The Morgan fingerprint density at radius 3 is 2.59 bits per heavy atom. The molecule has 0 unspecified atom stereocenters. The SMILES string of the molecule is O=C1NCCOc2cccc(c2)-c2cc(c(F)cc2F)NS(=O)(=O)c2cc1cc(Cl)c2O. The first kappa shape index (κ1) is 21.8. The highest BCUT2D eigenvalue weighted by Crippen LogP contribution is 2.35. The fourth-order valence-corrected chi connectivity index (χ4v) is 4.62. The molecular formula is C21H15ClF2N2O5S. The average Bonchev–Trinajstić information content (AvgIpc) is 2.74. The number of anilines is 1. The minimum absolute atomic E-state index is 0.0604. The number of benzene rings is 3. The average molecular weight is 481 g/mol. The third kappa shape index (κ3) is 4.19. The highest BCUT2D eigenvalue weighted by atomic mass is 35.5. The van der Waals surface area contributed by atoms with Crippen LogP contribution < -0.4 is 14.8 Å². The van der Waals surface area contributed by atoms with Crippen LogP contribution in [0.25, 0.3) is 11.1 Å². The van der Waals surface area contributed by atoms with Gasteiger partial charge in [-0.1, -0.05) is 23.7 Å². The Hall–Kier alpha value is -3.37. The van der Waals surface area contributed by atoms with Gasteiger partial charge in [-0.05, 0) is 35.9 Å². The Bertz CT molecular complexity index is 1350. The van der Waals surface area contributed by atoms with Gasteiger partial charge in [-0.15, -0.1) is 0 Å². The third-order valence-corrected chi connectivity index (χ3v) is 6.35. The van der Waals surface area contributed by atoms with Crippen LogP contribution in [-0.4, -0.2) is 32.6 Å². The van der Waals surface area contributed by atoms with Crippen LogP contribution in [0.3, 0.4) is 0 Å². The molecular weight excluding hydrogens is 466 g/mol. The predicted molar refractivity (Wildman–Crippen MR) is 114 cm³/mol. The second kappa shape index (κ2) is 8.29. The van der Waals surface area contributed by atoms with E-state index in [-0.39, 0.29) is 24.3 Å². The van der Waals surface area contributed by atoms with Gasteiger partial charge in [0.25, 0.3) is 15.9 Å². The van der Waals surface area contributed by atoms with Crippen molar-refractivity contribution in [3.63, 3.8) is 0 Å². The van der Waals surface area contributed by atoms with Gasteiger partial charge in [-0.2, -0.15) is 0 Å². The van der Waals surface area contributed by atoms with Crippen molar-refractivity contribution in [2.24, 2.45) is 0 Å². The molecule has 4 rings (SSSR count). The summed E-state index contributed by atoms with van der Waals surface area (Å²) in [7, 11) is -4.62. The van der Waals surface area contributed by atoms with Crippen LogP contribution in [0, 0.1) is 11.6 Å². The van der Waals surface area contributed by atoms with Crippen molar-refractivity contribution in [1.29, 1.82) is 0 Å². The van der Waals surface area contributed by atoms with E-state index < -0.39 is 48.9 Å². The van der Waals surface area contributed by atoms with E-state index in [1.807, 2.05) is 4.72 Å². The zero-order chi connectivity index (χ0) is 23.0. The number of hydrogen-bond acceptors (Lipinski definition) is 5. The molecule has 1 amide bonds. The molecule has 1 aliphatic heterocycles. The summed E-state index contributed by atoms with van der Waals surface area (Å²) in [6.07, 6.45) is 0. The van der Waals surface area contributed by atoms with Crippen molar-refractivity contribution in [3.05, 3.63) is 70.8 Å². The number of amides is 1. The quantitative estimate of drug-likeness (QED) is 0.452. The lowest BCUT2D eigenvalue weighted by Gasteiger charge is -2.15. The van der Waals surface area contributed by atoms with Crippen LogP contribution >= 0.6 is 11.6 Å². The number of carbonyl (C=O) groups excluding carboxylic acids is 1. The molecule has 11 heteroatoms. The minimum atomic E-state index is -4.62. The van der Waals surface area contributed by atoms with Crippen LogP contribution in [0.4, 0.5) is 14.5 Å². The van der Waals surface area contributed by atoms with Crippen molar-refractivity contribution in [2.75, 3.05) is 17.9 Å². The number of phenols is 1. The summed E-state index contributed by atoms with van der Waals surface area (Å²) in [5.74, 6) is -3.21. The van der Waals surface area contributed by atoms with Gasteiger partial charge in [-0.25, -0.2) is 17.2 Å². The lowest BCUT2D eigenvalue weighted by Crippen LogP contribution is -2.28. The molecule has 1 aliphatic rings. The zero-order valence-corrected chi connectivity index (χ0v) is 17.7. The van der Waals surface area contributed by atoms with Crippen molar-refractivity contribution in [1.82, 2.24) is 5.32 Å². The Morgan fingerprint density at radius 1 is 1.03 bits per heavy atom. The van der Waals surface area contributed by atoms with Gasteiger partial charge in [-0.3, -0.25) is 9.52 Å². The molecule has 3 aromatic carbocycles. The van der Waals surface area contributed by atoms with E-state index in [9.17, 15) is 27.1 Å². The monoisotopic (exact) mass is 480 g/mol. The van der Waals surface area contributed by atoms with Crippen LogP contribution in [0.15, 0.2) is 53.4 Å². The Balaban J connectivity index is 1.91. The van der Waals surface area contributed by atoms with Gasteiger partial charge in [0.1, 0.15) is 28.9 Å². The van der Waals surface area contributed by atoms with E-state index in [4.69, 9.17) is 16.3 Å². The van der Waals surface area contributed by atoms with Gasteiger partial charge in [0.2, 0.25) is 0 Å². The summed E-state index contributed by atoms with van der Waals surface area (Å²) < 4.78 is 62.3. The van der Waals surface area contributed by atoms with Crippen molar-refractivity contribution >= 4 is 33.2 Å². The number of sulfonamides is 1. The molecule has 0 fully saturated rings. The maximum atomic E-state index is 14.5. The maximum Gasteiger partial charge on any atom is 0.265 e. The Kier molecular flexibility index (Phi) is 5.66. The third-order valence-electron chi connectivity index (χ3n) is 4.68. The number of aromatic hydroxyl groups is 1. The lowest BCUT2D eigenvalue weighted by atomic mass is 10.0. The second-order valence-electron chi connectivity index (χ2n) is 6.85. The molecule has 6 bridgehead atoms. The van der Waals surface area contributed by atoms with Gasteiger partial charge in [0.05, 0.1) is 17.3 Å². The summed E-state index contributed by atoms with van der Waals surface area (Å²) in [6.45, 7) is 0.127. The predicted octanol–water partition coefficient (Wildman–Crippen LogP) is 3.91. The first-order valence-corrected chi connectivity index (χ1v) is 11.1. The Labute approximate surface area is 186 Å². The van der Waals surface area contributed by atoms with Crippen LogP contribution in [0.5, 0.6) is 11.5 Å². The summed E-state index contributed by atoms with van der Waals surface area (Å²) in [6, 6.07) is 9.77. The van der Waals surface area contributed by atoms with Crippen molar-refractivity contribution in [3.8, 4) is 22.6 Å². The van der Waals surface area contributed by atoms with Gasteiger partial charge < -0.3 is 15.2 Å². The molecule has 0 aromatic heterocycles. The minimum Gasteiger partial charge on any atom is -0.505 e. The van der Waals surface area contributed by atoms with Crippen LogP contribution in [-0.2, 0) is 10.0 Å². The number of rotatable bonds is 0. The molecule has 0 saturated heterocycles. The molecule has 0 spiro atoms. The number of carbonyl (C=O) groups is 1. The van der Waals surface area contributed by atoms with E-state index >= 15 is 0 Å². The molecule has 0 radical (unpaired) electrons. The van der Waals surface area contributed by atoms with E-state index in [0.717, 1.165) is 18.2 Å². The summed E-state index contributed by atoms with van der Waals surface area (Å²) in [4.78, 5) is 11.7. The smallest absolute Gasteiger partial charge is 0.265 e. The number of hydrogen-bond donors (Lipinski definition) is 3. The molecule has 1 heterocycles. The molecule has 166 valence electrons. The highest BCUT2D eigenvalue weighted by Gasteiger charge is 2.26. The molecule has 0 saturated carbocycles. The summed E-state index contributed by atoms with van der Waals surface area (Å²) in [5, 5.41) is 12.3. The van der Waals surface area contributed by atoms with E-state index in [1.54, 1.807) is 18.2 Å². The lowest BCUT2D eigenvalue weighted by molar-refractivity contribution is 0.0946. The highest BCUT2D eigenvalue weighted by molar-refractivity contribution is 7.92. The molecule has 3 N–H and O–H groups in total. The molecule has 3 aromatic rings. The van der Waals surface area contributed by atoms with Gasteiger partial charge >= 0.3 is 0 Å². The van der Waals surface area contributed by atoms with Crippen LogP contribution in [0.2, 0.25) is 5.02 Å². The number of nitrogens with one attached hydrogen (secondary N) is 2. The fourth-order valence-electron chi connectivity index (χ4n) is 3.15. The first-order valence-electron chi connectivity index (χ1n) is 9.21. The van der Waals surface area contributed by atoms with E-state index in [0.29, 0.717) is 17.4 Å². The maximum absolute atomic E-state index is 14.5. The van der Waals surface area contributed by atoms with E-state index in [1.165, 1.54) is 6.07 Å². The van der Waals surface area contributed by atoms with Crippen molar-refractivity contribution in [2.45, 2.75) is 4.90 Å². The zero-order valence-electron chi connectivity index (χ0n) is 16.2. The number of ether oxygens (including phenoxy) is 1. The van der Waals surface area contributed by atoms with Crippen molar-refractivity contribution < 1.29 is 31.8 Å². The number of phenolic OH excluding ortho intramolecular Hbond substituents is 1. The van der Waals surface area contributed by atoms with Gasteiger partial charge in [0, 0.05) is 17.2 Å². The normalized spacial score (nSPS) is 15.3. The molecule has 7 nitrogen and oxygen atoms in total. The second-order valence-corrected chi connectivity index (χ2v) is 8.91. The summed E-state index contributed by atoms with van der Waals surface area (Å²) >= 11 is 5.91. The van der Waals surface area contributed by atoms with Crippen LogP contribution in [0.1, 0.15) is 10.4 Å². The topological polar surface area (TPSA) is 105 Å².